The van der Waals surface area contributed by atoms with Crippen LogP contribution in [-0.4, -0.2) is 37.5 Å². The van der Waals surface area contributed by atoms with Crippen LogP contribution in [0.4, 0.5) is 18.9 Å². The molecule has 2 aromatic rings. The van der Waals surface area contributed by atoms with Crippen LogP contribution in [0.5, 0.6) is 0 Å². The fraction of sp³-hybridized carbons (Fsp3) is 0.462. The number of thiocarbonyl (C=S) groups is 1. The summed E-state index contributed by atoms with van der Waals surface area (Å²) in [6, 6.07) is 0. The van der Waals surface area contributed by atoms with Gasteiger partial charge in [0, 0.05) is 24.8 Å². The van der Waals surface area contributed by atoms with Gasteiger partial charge < -0.3 is 15.4 Å². The molecule has 0 fully saturated rings. The van der Waals surface area contributed by atoms with Gasteiger partial charge in [-0.1, -0.05) is 0 Å². The standard InChI is InChI=1S/C13H17F3N6OS/c1-2-21-6-10(4-18-21)3-17-12(24)20-11-5-19-22(7-11)9-23-8-13(14,15)16/h4-7H,2-3,8-9H2,1H3,(H2,17,20,24). The lowest BCUT2D eigenvalue weighted by Crippen LogP contribution is -2.27. The van der Waals surface area contributed by atoms with Gasteiger partial charge in [0.25, 0.3) is 0 Å². The minimum atomic E-state index is -4.36. The zero-order valence-electron chi connectivity index (χ0n) is 12.9. The van der Waals surface area contributed by atoms with Crippen molar-refractivity contribution in [1.29, 1.82) is 0 Å². The van der Waals surface area contributed by atoms with E-state index in [1.165, 1.54) is 17.1 Å². The van der Waals surface area contributed by atoms with Crippen molar-refractivity contribution in [3.8, 4) is 0 Å². The molecule has 0 aromatic carbocycles. The zero-order valence-corrected chi connectivity index (χ0v) is 13.7. The maximum absolute atomic E-state index is 12.0. The van der Waals surface area contributed by atoms with Crippen LogP contribution in [0.25, 0.3) is 0 Å². The lowest BCUT2D eigenvalue weighted by atomic mass is 10.4. The SMILES string of the molecule is CCn1cc(CNC(=S)Nc2cnn(COCC(F)(F)F)c2)cn1. The number of nitrogens with one attached hydrogen (secondary N) is 2. The first kappa shape index (κ1) is 18.2. The number of alkyl halides is 3. The van der Waals surface area contributed by atoms with Crippen molar-refractivity contribution in [3.05, 3.63) is 30.4 Å². The molecule has 0 amide bonds. The molecule has 0 radical (unpaired) electrons. The van der Waals surface area contributed by atoms with E-state index < -0.39 is 12.8 Å². The van der Waals surface area contributed by atoms with Gasteiger partial charge in [-0.3, -0.25) is 4.68 Å². The topological polar surface area (TPSA) is 68.9 Å². The normalized spacial score (nSPS) is 11.5. The van der Waals surface area contributed by atoms with Gasteiger partial charge in [0.15, 0.2) is 5.11 Å². The van der Waals surface area contributed by atoms with E-state index in [0.717, 1.165) is 12.1 Å². The Labute approximate surface area is 141 Å². The van der Waals surface area contributed by atoms with Gasteiger partial charge in [-0.15, -0.1) is 0 Å². The Morgan fingerprint density at radius 2 is 2.00 bits per heavy atom. The Hall–Kier alpha value is -2.14. The molecule has 0 aliphatic rings. The maximum Gasteiger partial charge on any atom is 0.411 e. The average molecular weight is 362 g/mol. The predicted octanol–water partition coefficient (Wildman–Crippen LogP) is 2.12. The molecule has 132 valence electrons. The monoisotopic (exact) mass is 362 g/mol. The van der Waals surface area contributed by atoms with E-state index in [9.17, 15) is 13.2 Å². The first-order valence-electron chi connectivity index (χ1n) is 7.09. The number of hydrogen-bond acceptors (Lipinski definition) is 4. The van der Waals surface area contributed by atoms with Crippen LogP contribution in [0.3, 0.4) is 0 Å². The van der Waals surface area contributed by atoms with Crippen molar-refractivity contribution in [2.24, 2.45) is 0 Å². The van der Waals surface area contributed by atoms with E-state index in [4.69, 9.17) is 12.2 Å². The number of rotatable bonds is 7. The summed E-state index contributed by atoms with van der Waals surface area (Å²) in [5.41, 5.74) is 1.53. The van der Waals surface area contributed by atoms with Crippen molar-refractivity contribution in [3.63, 3.8) is 0 Å². The van der Waals surface area contributed by atoms with E-state index in [2.05, 4.69) is 25.6 Å². The summed E-state index contributed by atoms with van der Waals surface area (Å²) in [5, 5.41) is 14.3. The Kier molecular flexibility index (Phi) is 6.15. The van der Waals surface area contributed by atoms with Gasteiger partial charge >= 0.3 is 6.18 Å². The Balaban J connectivity index is 1.73. The van der Waals surface area contributed by atoms with Gasteiger partial charge in [0.05, 0.1) is 24.3 Å². The highest BCUT2D eigenvalue weighted by atomic mass is 32.1. The summed E-state index contributed by atoms with van der Waals surface area (Å²) < 4.78 is 43.5. The summed E-state index contributed by atoms with van der Waals surface area (Å²) in [4.78, 5) is 0. The Bertz CT molecular complexity index is 669. The summed E-state index contributed by atoms with van der Waals surface area (Å²) >= 11 is 5.15. The molecule has 0 atom stereocenters. The fourth-order valence-electron chi connectivity index (χ4n) is 1.78. The van der Waals surface area contributed by atoms with Crippen LogP contribution in [0.1, 0.15) is 12.5 Å². The van der Waals surface area contributed by atoms with Gasteiger partial charge in [-0.2, -0.15) is 23.4 Å². The molecule has 2 heterocycles. The minimum absolute atomic E-state index is 0.294. The van der Waals surface area contributed by atoms with E-state index in [-0.39, 0.29) is 6.73 Å². The molecule has 11 heteroatoms. The van der Waals surface area contributed by atoms with Crippen molar-refractivity contribution in [2.45, 2.75) is 32.9 Å². The summed E-state index contributed by atoms with van der Waals surface area (Å²) in [6.07, 6.45) is 2.24. The second-order valence-electron chi connectivity index (χ2n) is 4.87. The lowest BCUT2D eigenvalue weighted by Gasteiger charge is -2.08. The van der Waals surface area contributed by atoms with Gasteiger partial charge in [0.1, 0.15) is 13.3 Å². The fourth-order valence-corrected chi connectivity index (χ4v) is 1.97. The number of ether oxygens (including phenoxy) is 1. The second-order valence-corrected chi connectivity index (χ2v) is 5.28. The molecule has 2 rings (SSSR count). The maximum atomic E-state index is 12.0. The third-order valence-electron chi connectivity index (χ3n) is 2.84. The van der Waals surface area contributed by atoms with Crippen LogP contribution in [0.15, 0.2) is 24.8 Å². The molecule has 0 aliphatic carbocycles. The molecular weight excluding hydrogens is 345 g/mol. The largest absolute Gasteiger partial charge is 0.411 e. The van der Waals surface area contributed by atoms with Gasteiger partial charge in [-0.05, 0) is 19.1 Å². The molecule has 0 bridgehead atoms. The Morgan fingerprint density at radius 1 is 1.25 bits per heavy atom. The van der Waals surface area contributed by atoms with Crippen molar-refractivity contribution in [1.82, 2.24) is 24.9 Å². The highest BCUT2D eigenvalue weighted by molar-refractivity contribution is 7.80. The van der Waals surface area contributed by atoms with Crippen molar-refractivity contribution < 1.29 is 17.9 Å². The third kappa shape index (κ3) is 6.16. The predicted molar refractivity (Wildman–Crippen MR) is 85.2 cm³/mol. The molecule has 2 aromatic heterocycles. The van der Waals surface area contributed by atoms with Crippen molar-refractivity contribution in [2.75, 3.05) is 11.9 Å². The molecule has 0 spiro atoms. The molecular formula is C13H17F3N6OS. The summed E-state index contributed by atoms with van der Waals surface area (Å²) in [7, 11) is 0. The number of anilines is 1. The molecule has 0 saturated heterocycles. The quantitative estimate of drug-likeness (QED) is 0.736. The highest BCUT2D eigenvalue weighted by Crippen LogP contribution is 2.14. The lowest BCUT2D eigenvalue weighted by molar-refractivity contribution is -0.182. The number of hydrogen-bond donors (Lipinski definition) is 2. The summed E-state index contributed by atoms with van der Waals surface area (Å²) in [6.45, 7) is 1.68. The van der Waals surface area contributed by atoms with Crippen LogP contribution in [0.2, 0.25) is 0 Å². The average Bonchev–Trinajstić information content (AvgIpc) is 3.13. The van der Waals surface area contributed by atoms with Crippen LogP contribution >= 0.6 is 12.2 Å². The van der Waals surface area contributed by atoms with E-state index in [1.807, 2.05) is 13.1 Å². The molecule has 0 aliphatic heterocycles. The van der Waals surface area contributed by atoms with Crippen molar-refractivity contribution >= 4 is 23.0 Å². The smallest absolute Gasteiger partial charge is 0.358 e. The van der Waals surface area contributed by atoms with E-state index >= 15 is 0 Å². The molecule has 0 unspecified atom stereocenters. The van der Waals surface area contributed by atoms with E-state index in [0.29, 0.717) is 17.3 Å². The number of nitrogens with zero attached hydrogens (tertiary/aromatic N) is 4. The van der Waals surface area contributed by atoms with E-state index in [1.54, 1.807) is 10.9 Å². The van der Waals surface area contributed by atoms with Gasteiger partial charge in [-0.25, -0.2) is 4.68 Å². The van der Waals surface area contributed by atoms with Gasteiger partial charge in [0.2, 0.25) is 0 Å². The first-order chi connectivity index (χ1) is 11.4. The summed E-state index contributed by atoms with van der Waals surface area (Å²) in [5.74, 6) is 0. The minimum Gasteiger partial charge on any atom is -0.358 e. The zero-order chi connectivity index (χ0) is 17.6. The molecule has 2 N–H and O–H groups in total. The molecule has 0 saturated carbocycles. The molecule has 7 nitrogen and oxygen atoms in total. The number of halogens is 3. The molecule has 24 heavy (non-hydrogen) atoms. The van der Waals surface area contributed by atoms with Crippen LogP contribution < -0.4 is 10.6 Å². The Morgan fingerprint density at radius 3 is 2.67 bits per heavy atom. The van der Waals surface area contributed by atoms with Crippen LogP contribution in [0, 0.1) is 0 Å². The number of aryl methyl sites for hydroxylation is 1. The van der Waals surface area contributed by atoms with Crippen LogP contribution in [-0.2, 0) is 24.6 Å². The second kappa shape index (κ2) is 8.11. The third-order valence-corrected chi connectivity index (χ3v) is 3.09. The highest BCUT2D eigenvalue weighted by Gasteiger charge is 2.27. The number of aromatic nitrogens is 4. The first-order valence-corrected chi connectivity index (χ1v) is 7.49.